The van der Waals surface area contributed by atoms with Crippen LogP contribution in [0.3, 0.4) is 0 Å². The van der Waals surface area contributed by atoms with Gasteiger partial charge >= 0.3 is 6.36 Å². The second kappa shape index (κ2) is 8.39. The topological polar surface area (TPSA) is 67.3 Å². The lowest BCUT2D eigenvalue weighted by atomic mass is 10.1. The third-order valence-corrected chi connectivity index (χ3v) is 3.85. The van der Waals surface area contributed by atoms with E-state index in [4.69, 9.17) is 0 Å². The summed E-state index contributed by atoms with van der Waals surface area (Å²) in [6, 6.07) is 9.72. The molecule has 0 amide bonds. The van der Waals surface area contributed by atoms with Gasteiger partial charge < -0.3 is 15.2 Å². The molecular weight excluding hydrogens is 397 g/mol. The average Bonchev–Trinajstić information content (AvgIpc) is 2.67. The van der Waals surface area contributed by atoms with E-state index < -0.39 is 29.9 Å². The SMILES string of the molecule is OC(CNc1cc(-c2ccc(OC(F)(F)F)c(F)c2)ncn1)c1ccc(F)cc1. The highest BCUT2D eigenvalue weighted by Crippen LogP contribution is 2.29. The van der Waals surface area contributed by atoms with Crippen molar-refractivity contribution in [2.45, 2.75) is 12.5 Å². The summed E-state index contributed by atoms with van der Waals surface area (Å²) in [5, 5.41) is 13.0. The van der Waals surface area contributed by atoms with Crippen molar-refractivity contribution in [3.05, 3.63) is 72.1 Å². The van der Waals surface area contributed by atoms with Gasteiger partial charge in [0.25, 0.3) is 0 Å². The first-order valence-electron chi connectivity index (χ1n) is 8.26. The molecule has 0 spiro atoms. The predicted octanol–water partition coefficient (Wildman–Crippen LogP) is 4.47. The third-order valence-electron chi connectivity index (χ3n) is 3.85. The fraction of sp³-hybridized carbons (Fsp3) is 0.158. The van der Waals surface area contributed by atoms with Crippen LogP contribution in [0.4, 0.5) is 27.8 Å². The number of nitrogens with one attached hydrogen (secondary N) is 1. The van der Waals surface area contributed by atoms with Gasteiger partial charge in [0.2, 0.25) is 0 Å². The summed E-state index contributed by atoms with van der Waals surface area (Å²) in [6.45, 7) is 0.0504. The second-order valence-electron chi connectivity index (χ2n) is 5.93. The molecule has 0 aliphatic carbocycles. The van der Waals surface area contributed by atoms with Crippen LogP contribution < -0.4 is 10.1 Å². The van der Waals surface area contributed by atoms with Crippen LogP contribution in [0, 0.1) is 11.6 Å². The van der Waals surface area contributed by atoms with Gasteiger partial charge in [-0.15, -0.1) is 13.2 Å². The van der Waals surface area contributed by atoms with Gasteiger partial charge in [-0.05, 0) is 35.9 Å². The van der Waals surface area contributed by atoms with Crippen molar-refractivity contribution in [3.63, 3.8) is 0 Å². The molecule has 5 nitrogen and oxygen atoms in total. The Labute approximate surface area is 161 Å². The minimum atomic E-state index is -5.00. The van der Waals surface area contributed by atoms with Gasteiger partial charge in [-0.2, -0.15) is 0 Å². The lowest BCUT2D eigenvalue weighted by Gasteiger charge is -2.13. The molecule has 3 aromatic rings. The number of hydrogen-bond acceptors (Lipinski definition) is 5. The maximum atomic E-state index is 13.9. The molecule has 2 N–H and O–H groups in total. The van der Waals surface area contributed by atoms with Gasteiger partial charge in [0, 0.05) is 18.2 Å². The lowest BCUT2D eigenvalue weighted by Crippen LogP contribution is -2.17. The maximum Gasteiger partial charge on any atom is 0.573 e. The summed E-state index contributed by atoms with van der Waals surface area (Å²) in [5.41, 5.74) is 0.952. The first kappa shape index (κ1) is 20.5. The molecule has 152 valence electrons. The van der Waals surface area contributed by atoms with Crippen molar-refractivity contribution in [3.8, 4) is 17.0 Å². The summed E-state index contributed by atoms with van der Waals surface area (Å²) in [6.07, 6.45) is -4.76. The lowest BCUT2D eigenvalue weighted by molar-refractivity contribution is -0.275. The molecule has 0 radical (unpaired) electrons. The van der Waals surface area contributed by atoms with Gasteiger partial charge in [0.1, 0.15) is 18.0 Å². The van der Waals surface area contributed by atoms with E-state index in [9.17, 15) is 27.1 Å². The summed E-state index contributed by atoms with van der Waals surface area (Å²) in [4.78, 5) is 7.94. The number of ether oxygens (including phenoxy) is 1. The number of rotatable bonds is 6. The van der Waals surface area contributed by atoms with Gasteiger partial charge in [-0.3, -0.25) is 0 Å². The van der Waals surface area contributed by atoms with Crippen molar-refractivity contribution in [1.29, 1.82) is 0 Å². The molecule has 0 saturated carbocycles. The fourth-order valence-corrected chi connectivity index (χ4v) is 2.48. The monoisotopic (exact) mass is 411 g/mol. The van der Waals surface area contributed by atoms with Crippen LogP contribution in [0.2, 0.25) is 0 Å². The quantitative estimate of drug-likeness (QED) is 0.586. The van der Waals surface area contributed by atoms with Crippen LogP contribution in [0.15, 0.2) is 54.9 Å². The molecule has 3 rings (SSSR count). The van der Waals surface area contributed by atoms with E-state index in [0.717, 1.165) is 12.1 Å². The van der Waals surface area contributed by atoms with Crippen molar-refractivity contribution < 1.29 is 31.8 Å². The smallest absolute Gasteiger partial charge is 0.403 e. The van der Waals surface area contributed by atoms with Crippen molar-refractivity contribution in [2.75, 3.05) is 11.9 Å². The van der Waals surface area contributed by atoms with Gasteiger partial charge in [-0.25, -0.2) is 18.7 Å². The fourth-order valence-electron chi connectivity index (χ4n) is 2.48. The maximum absolute atomic E-state index is 13.9. The average molecular weight is 411 g/mol. The summed E-state index contributed by atoms with van der Waals surface area (Å²) >= 11 is 0. The number of anilines is 1. The number of hydrogen-bond donors (Lipinski definition) is 2. The molecule has 0 fully saturated rings. The van der Waals surface area contributed by atoms with Gasteiger partial charge in [0.05, 0.1) is 11.8 Å². The highest BCUT2D eigenvalue weighted by atomic mass is 19.4. The number of benzene rings is 2. The van der Waals surface area contributed by atoms with Crippen LogP contribution in [-0.4, -0.2) is 28.0 Å². The summed E-state index contributed by atoms with van der Waals surface area (Å²) in [5.74, 6) is -2.27. The minimum absolute atomic E-state index is 0.0504. The van der Waals surface area contributed by atoms with Crippen molar-refractivity contribution >= 4 is 5.82 Å². The Balaban J connectivity index is 1.70. The van der Waals surface area contributed by atoms with Crippen LogP contribution in [0.1, 0.15) is 11.7 Å². The van der Waals surface area contributed by atoms with E-state index in [-0.39, 0.29) is 17.8 Å². The number of aliphatic hydroxyl groups is 1. The Morgan fingerprint density at radius 2 is 1.72 bits per heavy atom. The Bertz CT molecular complexity index is 980. The van der Waals surface area contributed by atoms with Crippen LogP contribution in [-0.2, 0) is 0 Å². The highest BCUT2D eigenvalue weighted by Gasteiger charge is 2.32. The van der Waals surface area contributed by atoms with E-state index in [1.807, 2.05) is 0 Å². The largest absolute Gasteiger partial charge is 0.573 e. The Kier molecular flexibility index (Phi) is 5.92. The molecule has 1 unspecified atom stereocenters. The number of aliphatic hydroxyl groups excluding tert-OH is 1. The van der Waals surface area contributed by atoms with Gasteiger partial charge in [-0.1, -0.05) is 12.1 Å². The third kappa shape index (κ3) is 5.61. The zero-order valence-electron chi connectivity index (χ0n) is 14.6. The normalized spacial score (nSPS) is 12.5. The molecule has 0 aliphatic rings. The summed E-state index contributed by atoms with van der Waals surface area (Å²) in [7, 11) is 0. The standard InChI is InChI=1S/C19H14F5N3O2/c20-13-4-1-11(2-5-13)16(28)9-25-18-8-15(26-10-27-18)12-3-6-17(14(21)7-12)29-19(22,23)24/h1-8,10,16,28H,9H2,(H,25,26,27). The van der Waals surface area contributed by atoms with Crippen LogP contribution in [0.5, 0.6) is 5.75 Å². The Morgan fingerprint density at radius 1 is 1.00 bits per heavy atom. The van der Waals surface area contributed by atoms with E-state index in [0.29, 0.717) is 11.4 Å². The summed E-state index contributed by atoms with van der Waals surface area (Å²) < 4.78 is 67.1. The molecule has 29 heavy (non-hydrogen) atoms. The molecular formula is C19H14F5N3O2. The molecule has 0 bridgehead atoms. The number of nitrogens with zero attached hydrogens (tertiary/aromatic N) is 2. The Morgan fingerprint density at radius 3 is 2.38 bits per heavy atom. The molecule has 0 saturated heterocycles. The predicted molar refractivity (Wildman–Crippen MR) is 94.0 cm³/mol. The first-order chi connectivity index (χ1) is 13.7. The van der Waals surface area contributed by atoms with Crippen LogP contribution in [0.25, 0.3) is 11.3 Å². The molecule has 1 heterocycles. The first-order valence-corrected chi connectivity index (χ1v) is 8.26. The zero-order chi connectivity index (χ0) is 21.0. The van der Waals surface area contributed by atoms with E-state index in [2.05, 4.69) is 20.0 Å². The number of halogens is 5. The molecule has 0 aliphatic heterocycles. The zero-order valence-corrected chi connectivity index (χ0v) is 14.6. The highest BCUT2D eigenvalue weighted by molar-refractivity contribution is 5.63. The van der Waals surface area contributed by atoms with Gasteiger partial charge in [0.15, 0.2) is 11.6 Å². The second-order valence-corrected chi connectivity index (χ2v) is 5.93. The van der Waals surface area contributed by atoms with E-state index >= 15 is 0 Å². The minimum Gasteiger partial charge on any atom is -0.403 e. The molecule has 1 aromatic heterocycles. The molecule has 1 atom stereocenters. The molecule has 2 aromatic carbocycles. The Hall–Kier alpha value is -3.27. The van der Waals surface area contributed by atoms with Crippen molar-refractivity contribution in [1.82, 2.24) is 9.97 Å². The van der Waals surface area contributed by atoms with E-state index in [1.165, 1.54) is 42.7 Å². The van der Waals surface area contributed by atoms with Crippen molar-refractivity contribution in [2.24, 2.45) is 0 Å². The van der Waals surface area contributed by atoms with Crippen LogP contribution >= 0.6 is 0 Å². The van der Waals surface area contributed by atoms with E-state index in [1.54, 1.807) is 0 Å². The number of alkyl halides is 3. The molecule has 10 heteroatoms. The number of aromatic nitrogens is 2.